The summed E-state index contributed by atoms with van der Waals surface area (Å²) in [7, 11) is 2.01. The normalized spacial score (nSPS) is 23.9. The molecule has 0 heterocycles. The van der Waals surface area contributed by atoms with Gasteiger partial charge in [0.2, 0.25) is 0 Å². The van der Waals surface area contributed by atoms with Crippen molar-refractivity contribution in [3.05, 3.63) is 23.9 Å². The lowest BCUT2D eigenvalue weighted by Crippen LogP contribution is -2.43. The van der Waals surface area contributed by atoms with E-state index in [9.17, 15) is 0 Å². The van der Waals surface area contributed by atoms with Crippen molar-refractivity contribution in [3.8, 4) is 0 Å². The third kappa shape index (κ3) is 7.01. The number of rotatable bonds is 8. The topological polar surface area (TPSA) is 33.6 Å². The number of aliphatic imine (C=N–C) groups is 1. The molecule has 0 unspecified atom stereocenters. The number of nitrogens with one attached hydrogen (secondary N) is 1. The third-order valence-electron chi connectivity index (χ3n) is 3.68. The van der Waals surface area contributed by atoms with Crippen LogP contribution in [0.5, 0.6) is 0 Å². The highest BCUT2D eigenvalue weighted by Crippen LogP contribution is 2.24. The summed E-state index contributed by atoms with van der Waals surface area (Å²) < 4.78 is 5.78. The Morgan fingerprint density at radius 1 is 1.40 bits per heavy atom. The van der Waals surface area contributed by atoms with Crippen LogP contribution in [0.25, 0.3) is 0 Å². The van der Waals surface area contributed by atoms with E-state index in [2.05, 4.69) is 49.9 Å². The first-order chi connectivity index (χ1) is 9.44. The van der Waals surface area contributed by atoms with Crippen molar-refractivity contribution in [2.45, 2.75) is 58.6 Å². The van der Waals surface area contributed by atoms with Gasteiger partial charge in [0.05, 0.1) is 12.7 Å². The van der Waals surface area contributed by atoms with Crippen LogP contribution in [0.15, 0.2) is 28.9 Å². The van der Waals surface area contributed by atoms with E-state index in [1.165, 1.54) is 5.57 Å². The van der Waals surface area contributed by atoms with Crippen LogP contribution in [0, 0.1) is 5.41 Å². The Bertz CT molecular complexity index is 346. The highest BCUT2D eigenvalue weighted by Gasteiger charge is 2.27. The lowest BCUT2D eigenvalue weighted by atomic mass is 9.88. The summed E-state index contributed by atoms with van der Waals surface area (Å²) in [4.78, 5) is 3.89. The van der Waals surface area contributed by atoms with Crippen LogP contribution in [0.2, 0.25) is 0 Å². The van der Waals surface area contributed by atoms with Gasteiger partial charge in [-0.1, -0.05) is 32.9 Å². The summed E-state index contributed by atoms with van der Waals surface area (Å²) in [6, 6.07) is 0.649. The molecule has 20 heavy (non-hydrogen) atoms. The molecule has 0 saturated heterocycles. The lowest BCUT2D eigenvalue weighted by Gasteiger charge is -2.34. The van der Waals surface area contributed by atoms with Crippen LogP contribution in [-0.4, -0.2) is 32.5 Å². The fourth-order valence-corrected chi connectivity index (χ4v) is 2.16. The first kappa shape index (κ1) is 17.1. The molecular formula is C17H30N2O. The van der Waals surface area contributed by atoms with Crippen molar-refractivity contribution in [2.24, 2.45) is 10.4 Å². The Morgan fingerprint density at radius 3 is 2.65 bits per heavy atom. The van der Waals surface area contributed by atoms with Gasteiger partial charge in [0.25, 0.3) is 0 Å². The van der Waals surface area contributed by atoms with Crippen molar-refractivity contribution < 1.29 is 4.74 Å². The van der Waals surface area contributed by atoms with Gasteiger partial charge in [-0.2, -0.15) is 0 Å². The predicted octanol–water partition coefficient (Wildman–Crippen LogP) is 3.72. The number of hydrogen-bond donors (Lipinski definition) is 1. The summed E-state index contributed by atoms with van der Waals surface area (Å²) in [6.07, 6.45) is 10.9. The SMILES string of the molecule is C=N/C=C(\C=C/COC1CC(NC)C1)CCC(C)(C)C. The molecule has 0 aliphatic heterocycles. The minimum atomic E-state index is 0.346. The minimum Gasteiger partial charge on any atom is -0.374 e. The van der Waals surface area contributed by atoms with Crippen LogP contribution < -0.4 is 5.32 Å². The molecule has 114 valence electrons. The van der Waals surface area contributed by atoms with E-state index < -0.39 is 0 Å². The zero-order chi connectivity index (χ0) is 15.0. The van der Waals surface area contributed by atoms with Gasteiger partial charge in [0, 0.05) is 12.2 Å². The van der Waals surface area contributed by atoms with E-state index >= 15 is 0 Å². The molecule has 0 aromatic heterocycles. The summed E-state index contributed by atoms with van der Waals surface area (Å²) in [5.41, 5.74) is 1.57. The minimum absolute atomic E-state index is 0.346. The van der Waals surface area contributed by atoms with Gasteiger partial charge >= 0.3 is 0 Å². The summed E-state index contributed by atoms with van der Waals surface area (Å²) in [6.45, 7) is 11.0. The average Bonchev–Trinajstić information content (AvgIpc) is 2.32. The van der Waals surface area contributed by atoms with Gasteiger partial charge in [0.15, 0.2) is 0 Å². The first-order valence-corrected chi connectivity index (χ1v) is 7.55. The molecule has 1 fully saturated rings. The van der Waals surface area contributed by atoms with E-state index in [0.29, 0.717) is 24.2 Å². The Morgan fingerprint density at radius 2 is 2.10 bits per heavy atom. The summed E-state index contributed by atoms with van der Waals surface area (Å²) in [5.74, 6) is 0. The van der Waals surface area contributed by atoms with Crippen molar-refractivity contribution in [1.29, 1.82) is 0 Å². The van der Waals surface area contributed by atoms with Crippen LogP contribution in [0.1, 0.15) is 46.5 Å². The van der Waals surface area contributed by atoms with Gasteiger partial charge in [-0.25, -0.2) is 0 Å². The molecule has 3 heteroatoms. The molecule has 0 aromatic carbocycles. The monoisotopic (exact) mass is 278 g/mol. The third-order valence-corrected chi connectivity index (χ3v) is 3.68. The van der Waals surface area contributed by atoms with Crippen molar-refractivity contribution >= 4 is 6.72 Å². The molecule has 1 N–H and O–H groups in total. The number of nitrogens with zero attached hydrogens (tertiary/aromatic N) is 1. The van der Waals surface area contributed by atoms with E-state index in [4.69, 9.17) is 4.74 Å². The second-order valence-electron chi connectivity index (χ2n) is 6.76. The molecule has 0 radical (unpaired) electrons. The smallest absolute Gasteiger partial charge is 0.0654 e. The van der Waals surface area contributed by atoms with E-state index in [1.54, 1.807) is 0 Å². The van der Waals surface area contributed by atoms with Crippen LogP contribution in [-0.2, 0) is 4.74 Å². The van der Waals surface area contributed by atoms with Crippen molar-refractivity contribution in [2.75, 3.05) is 13.7 Å². The van der Waals surface area contributed by atoms with Crippen LogP contribution >= 0.6 is 0 Å². The highest BCUT2D eigenvalue weighted by atomic mass is 16.5. The summed E-state index contributed by atoms with van der Waals surface area (Å²) >= 11 is 0. The molecule has 0 spiro atoms. The van der Waals surface area contributed by atoms with Gasteiger partial charge in [-0.05, 0) is 50.4 Å². The number of ether oxygens (including phenoxy) is 1. The largest absolute Gasteiger partial charge is 0.374 e. The molecule has 1 aliphatic carbocycles. The first-order valence-electron chi connectivity index (χ1n) is 7.55. The van der Waals surface area contributed by atoms with E-state index in [1.807, 2.05) is 13.2 Å². The number of hydrogen-bond acceptors (Lipinski definition) is 3. The molecule has 1 aliphatic rings. The van der Waals surface area contributed by atoms with Gasteiger partial charge in [0.1, 0.15) is 0 Å². The van der Waals surface area contributed by atoms with Gasteiger partial charge in [-0.15, -0.1) is 0 Å². The van der Waals surface area contributed by atoms with E-state index in [-0.39, 0.29) is 0 Å². The quantitative estimate of drug-likeness (QED) is 0.542. The second-order valence-corrected chi connectivity index (χ2v) is 6.76. The molecular weight excluding hydrogens is 248 g/mol. The zero-order valence-corrected chi connectivity index (χ0v) is 13.5. The standard InChI is InChI=1S/C17H30N2O/c1-17(2,3)9-8-14(13-18-4)7-6-10-20-16-11-15(12-16)19-5/h6-7,13,15-16,19H,4,8-12H2,1-3,5H3/b7-6-,14-13+. The number of allylic oxidation sites excluding steroid dienone is 2. The Hall–Kier alpha value is -0.930. The highest BCUT2D eigenvalue weighted by molar-refractivity contribution is 5.29. The zero-order valence-electron chi connectivity index (χ0n) is 13.5. The van der Waals surface area contributed by atoms with Crippen molar-refractivity contribution in [3.63, 3.8) is 0 Å². The Balaban J connectivity index is 2.26. The maximum Gasteiger partial charge on any atom is 0.0654 e. The van der Waals surface area contributed by atoms with Crippen LogP contribution in [0.3, 0.4) is 0 Å². The molecule has 0 bridgehead atoms. The second kappa shape index (κ2) is 8.38. The molecule has 1 rings (SSSR count). The molecule has 0 amide bonds. The Kier molecular flexibility index (Phi) is 7.17. The maximum absolute atomic E-state index is 5.78. The van der Waals surface area contributed by atoms with Crippen LogP contribution in [0.4, 0.5) is 0 Å². The molecule has 1 saturated carbocycles. The maximum atomic E-state index is 5.78. The Labute approximate surface area is 124 Å². The average molecular weight is 278 g/mol. The lowest BCUT2D eigenvalue weighted by molar-refractivity contribution is -0.000249. The summed E-state index contributed by atoms with van der Waals surface area (Å²) in [5, 5.41) is 3.26. The van der Waals surface area contributed by atoms with Gasteiger partial charge in [-0.3, -0.25) is 4.99 Å². The van der Waals surface area contributed by atoms with Crippen molar-refractivity contribution in [1.82, 2.24) is 5.32 Å². The fraction of sp³-hybridized carbons (Fsp3) is 0.706. The molecule has 3 nitrogen and oxygen atoms in total. The van der Waals surface area contributed by atoms with E-state index in [0.717, 1.165) is 25.7 Å². The van der Waals surface area contributed by atoms with Gasteiger partial charge < -0.3 is 10.1 Å². The predicted molar refractivity (Wildman–Crippen MR) is 87.3 cm³/mol. The molecule has 0 aromatic rings. The fourth-order valence-electron chi connectivity index (χ4n) is 2.16. The molecule has 0 atom stereocenters.